The maximum atomic E-state index is 14.2. The van der Waals surface area contributed by atoms with Crippen LogP contribution < -0.4 is 5.69 Å². The number of H-pyrrole nitrogens is 1. The van der Waals surface area contributed by atoms with Crippen LogP contribution in [0.2, 0.25) is 0 Å². The van der Waals surface area contributed by atoms with Gasteiger partial charge in [-0.15, -0.1) is 10.2 Å². The van der Waals surface area contributed by atoms with Crippen molar-refractivity contribution in [1.29, 1.82) is 0 Å². The number of unbranched alkanes of at least 4 members (excludes halogenated alkanes) is 1. The van der Waals surface area contributed by atoms with Crippen molar-refractivity contribution in [1.82, 2.24) is 29.8 Å². The van der Waals surface area contributed by atoms with Gasteiger partial charge in [-0.3, -0.25) is 14.1 Å². The molecule has 0 saturated heterocycles. The Balaban J connectivity index is 1.57. The predicted molar refractivity (Wildman–Crippen MR) is 147 cm³/mol. The Labute approximate surface area is 218 Å². The molecule has 37 heavy (non-hydrogen) atoms. The summed E-state index contributed by atoms with van der Waals surface area (Å²) in [6.07, 6.45) is 19.2. The molecule has 1 aromatic carbocycles. The molecule has 2 aromatic heterocycles. The lowest BCUT2D eigenvalue weighted by molar-refractivity contribution is 0.292. The number of aromatic nitrogens is 6. The molecule has 0 bridgehead atoms. The molecule has 1 aliphatic heterocycles. The average molecular weight is 502 g/mol. The van der Waals surface area contributed by atoms with Crippen molar-refractivity contribution in [3.63, 3.8) is 0 Å². The minimum Gasteiger partial charge on any atom is -0.296 e. The predicted octanol–water partition coefficient (Wildman–Crippen LogP) is 5.63. The third kappa shape index (κ3) is 5.24. The first-order valence-corrected chi connectivity index (χ1v) is 14.0. The fraction of sp³-hybridized carbons (Fsp3) is 0.552. The van der Waals surface area contributed by atoms with E-state index in [4.69, 9.17) is 0 Å². The molecule has 0 spiro atoms. The number of nitrogens with zero attached hydrogens (tertiary/aromatic N) is 6. The van der Waals surface area contributed by atoms with Crippen LogP contribution in [0, 0.1) is 5.92 Å². The van der Waals surface area contributed by atoms with E-state index in [1.54, 1.807) is 0 Å². The summed E-state index contributed by atoms with van der Waals surface area (Å²) in [5.41, 5.74) is 2.93. The summed E-state index contributed by atoms with van der Waals surface area (Å²) < 4.78 is 4.17. The zero-order chi connectivity index (χ0) is 25.7. The van der Waals surface area contributed by atoms with Crippen LogP contribution in [-0.4, -0.2) is 36.0 Å². The molecule has 1 saturated carbocycles. The van der Waals surface area contributed by atoms with E-state index in [1.165, 1.54) is 25.7 Å². The summed E-state index contributed by atoms with van der Waals surface area (Å²) >= 11 is 0. The Bertz CT molecular complexity index is 1290. The molecule has 0 radical (unpaired) electrons. The lowest BCUT2D eigenvalue weighted by Crippen LogP contribution is -2.38. The van der Waals surface area contributed by atoms with Crippen molar-refractivity contribution in [2.75, 3.05) is 0 Å². The average Bonchev–Trinajstić information content (AvgIpc) is 3.50. The number of imidazole rings is 1. The molecule has 8 nitrogen and oxygen atoms in total. The fourth-order valence-corrected chi connectivity index (χ4v) is 6.21. The van der Waals surface area contributed by atoms with E-state index in [9.17, 15) is 4.79 Å². The molecular formula is C29H39N7O. The molecule has 2 aliphatic rings. The van der Waals surface area contributed by atoms with E-state index in [0.29, 0.717) is 24.3 Å². The highest BCUT2D eigenvalue weighted by atomic mass is 16.1. The number of aryl methyl sites for hydroxylation is 1. The largest absolute Gasteiger partial charge is 0.328 e. The molecule has 3 heterocycles. The summed E-state index contributed by atoms with van der Waals surface area (Å²) in [7, 11) is 0. The van der Waals surface area contributed by atoms with Crippen LogP contribution in [0.4, 0.5) is 0 Å². The van der Waals surface area contributed by atoms with E-state index in [0.717, 1.165) is 55.3 Å². The summed E-state index contributed by atoms with van der Waals surface area (Å²) in [5.74, 6) is 1.13. The third-order valence-electron chi connectivity index (χ3n) is 8.40. The second-order valence-electron chi connectivity index (χ2n) is 10.7. The molecule has 1 aliphatic carbocycles. The number of hydrogen-bond acceptors (Lipinski definition) is 5. The molecule has 196 valence electrons. The van der Waals surface area contributed by atoms with E-state index in [1.807, 2.05) is 24.5 Å². The zero-order valence-corrected chi connectivity index (χ0v) is 22.1. The van der Waals surface area contributed by atoms with Crippen LogP contribution in [0.15, 0.2) is 52.5 Å². The SMILES string of the molecule is CCCCc1cn(C2CCCCCC2CC)c(=O)n1CC1(c2cccc(-c3nn[nH]n3)c2)C=CN=CC1. The van der Waals surface area contributed by atoms with E-state index in [2.05, 4.69) is 73.0 Å². The van der Waals surface area contributed by atoms with Crippen LogP contribution in [-0.2, 0) is 18.4 Å². The van der Waals surface area contributed by atoms with Crippen LogP contribution in [0.3, 0.4) is 0 Å². The highest BCUT2D eigenvalue weighted by Crippen LogP contribution is 2.37. The highest BCUT2D eigenvalue weighted by Gasteiger charge is 2.34. The van der Waals surface area contributed by atoms with Gasteiger partial charge in [0.1, 0.15) is 0 Å². The Kier molecular flexibility index (Phi) is 7.82. The Morgan fingerprint density at radius 3 is 2.81 bits per heavy atom. The maximum absolute atomic E-state index is 14.2. The van der Waals surface area contributed by atoms with Gasteiger partial charge in [-0.25, -0.2) is 4.79 Å². The van der Waals surface area contributed by atoms with Gasteiger partial charge in [0.25, 0.3) is 0 Å². The van der Waals surface area contributed by atoms with Gasteiger partial charge in [0.05, 0.1) is 0 Å². The molecule has 3 aromatic rings. The lowest BCUT2D eigenvalue weighted by atomic mass is 9.76. The van der Waals surface area contributed by atoms with Crippen molar-refractivity contribution in [3.05, 3.63) is 64.5 Å². The molecule has 3 atom stereocenters. The number of allylic oxidation sites excluding steroid dienone is 1. The number of benzene rings is 1. The molecule has 0 amide bonds. The molecular weight excluding hydrogens is 462 g/mol. The van der Waals surface area contributed by atoms with Gasteiger partial charge in [0.15, 0.2) is 0 Å². The van der Waals surface area contributed by atoms with Gasteiger partial charge >= 0.3 is 5.69 Å². The smallest absolute Gasteiger partial charge is 0.296 e. The summed E-state index contributed by atoms with van der Waals surface area (Å²) in [6.45, 7) is 5.07. The zero-order valence-electron chi connectivity index (χ0n) is 22.1. The van der Waals surface area contributed by atoms with E-state index >= 15 is 0 Å². The highest BCUT2D eigenvalue weighted by molar-refractivity contribution is 5.65. The number of nitrogens with one attached hydrogen (secondary N) is 1. The van der Waals surface area contributed by atoms with Crippen molar-refractivity contribution in [2.24, 2.45) is 10.9 Å². The van der Waals surface area contributed by atoms with Gasteiger partial charge in [0.2, 0.25) is 5.82 Å². The molecule has 1 N–H and O–H groups in total. The van der Waals surface area contributed by atoms with Crippen molar-refractivity contribution >= 4 is 6.21 Å². The first-order chi connectivity index (χ1) is 18.1. The minimum absolute atomic E-state index is 0.140. The van der Waals surface area contributed by atoms with E-state index < -0.39 is 0 Å². The van der Waals surface area contributed by atoms with Crippen LogP contribution in [0.1, 0.15) is 88.9 Å². The van der Waals surface area contributed by atoms with Crippen molar-refractivity contribution in [3.8, 4) is 11.4 Å². The number of aliphatic imine (C=N–C) groups is 1. The topological polar surface area (TPSA) is 93.8 Å². The summed E-state index contributed by atoms with van der Waals surface area (Å²) in [6, 6.07) is 8.59. The summed E-state index contributed by atoms with van der Waals surface area (Å²) in [4.78, 5) is 18.5. The molecule has 5 rings (SSSR count). The van der Waals surface area contributed by atoms with Gasteiger partial charge < -0.3 is 0 Å². The lowest BCUT2D eigenvalue weighted by Gasteiger charge is -2.32. The van der Waals surface area contributed by atoms with Gasteiger partial charge in [0, 0.05) is 47.9 Å². The van der Waals surface area contributed by atoms with Crippen molar-refractivity contribution in [2.45, 2.75) is 96.1 Å². The summed E-state index contributed by atoms with van der Waals surface area (Å²) in [5, 5.41) is 14.6. The van der Waals surface area contributed by atoms with Crippen LogP contribution >= 0.6 is 0 Å². The monoisotopic (exact) mass is 501 g/mol. The Morgan fingerprint density at radius 2 is 2.05 bits per heavy atom. The first-order valence-electron chi connectivity index (χ1n) is 14.0. The van der Waals surface area contributed by atoms with Gasteiger partial charge in [-0.05, 0) is 54.9 Å². The molecule has 3 unspecified atom stereocenters. The standard InChI is InChI=1S/C29H39N7O/c1-3-5-13-25-20-35(26-14-8-6-7-10-22(26)4-2)28(37)36(25)21-29(15-17-30-18-16-29)24-12-9-11-23(19-24)27-31-33-34-32-27/h9,11-12,15,17-20,22,26H,3-8,10,13-14,16,21H2,1-2H3,(H,31,32,33,34). The number of hydrogen-bond donors (Lipinski definition) is 1. The molecule has 1 fully saturated rings. The van der Waals surface area contributed by atoms with Gasteiger partial charge in [-0.2, -0.15) is 5.21 Å². The maximum Gasteiger partial charge on any atom is 0.328 e. The quantitative estimate of drug-likeness (QED) is 0.385. The van der Waals surface area contributed by atoms with Crippen LogP contribution in [0.25, 0.3) is 11.4 Å². The number of aromatic amines is 1. The van der Waals surface area contributed by atoms with Gasteiger partial charge in [-0.1, -0.05) is 70.2 Å². The Morgan fingerprint density at radius 1 is 1.16 bits per heavy atom. The second-order valence-corrected chi connectivity index (χ2v) is 10.7. The molecule has 8 heteroatoms. The van der Waals surface area contributed by atoms with E-state index in [-0.39, 0.29) is 11.1 Å². The first kappa shape index (κ1) is 25.4. The number of tetrazole rings is 1. The fourth-order valence-electron chi connectivity index (χ4n) is 6.21. The second kappa shape index (κ2) is 11.4. The Hall–Kier alpha value is -3.29. The number of rotatable bonds is 9. The third-order valence-corrected chi connectivity index (χ3v) is 8.40. The van der Waals surface area contributed by atoms with Crippen molar-refractivity contribution < 1.29 is 0 Å². The minimum atomic E-state index is -0.383. The van der Waals surface area contributed by atoms with Crippen LogP contribution in [0.5, 0.6) is 0 Å². The normalized spacial score (nSPS) is 23.8.